The smallest absolute Gasteiger partial charge is 0.167 e. The van der Waals surface area contributed by atoms with Crippen molar-refractivity contribution in [2.24, 2.45) is 0 Å². The molecule has 0 amide bonds. The van der Waals surface area contributed by atoms with Gasteiger partial charge in [0.25, 0.3) is 0 Å². The van der Waals surface area contributed by atoms with E-state index >= 15 is 0 Å². The van der Waals surface area contributed by atoms with Crippen molar-refractivity contribution in [3.63, 3.8) is 0 Å². The number of hydrogen-bond acceptors (Lipinski definition) is 4. The van der Waals surface area contributed by atoms with E-state index in [2.05, 4.69) is 18.3 Å². The molecule has 4 heteroatoms. The Morgan fingerprint density at radius 1 is 0.710 bits per heavy atom. The van der Waals surface area contributed by atoms with Gasteiger partial charge in [0, 0.05) is 17.2 Å². The topological polar surface area (TPSA) is 44.5 Å². The van der Waals surface area contributed by atoms with E-state index in [-0.39, 0.29) is 0 Å². The first-order valence-electron chi connectivity index (χ1n) is 10.9. The molecule has 0 aliphatic rings. The molecular formula is C27H31NO3. The molecule has 0 aliphatic heterocycles. The summed E-state index contributed by atoms with van der Waals surface area (Å²) in [6.07, 6.45) is 10.2. The summed E-state index contributed by atoms with van der Waals surface area (Å²) in [6.45, 7) is 8.91. The number of rotatable bonds is 14. The van der Waals surface area contributed by atoms with E-state index in [1.54, 1.807) is 0 Å². The molecule has 1 aromatic heterocycles. The minimum atomic E-state index is 0.716. The number of ether oxygens (including phenoxy) is 2. The Kier molecular flexibility index (Phi) is 8.99. The molecule has 0 atom stereocenters. The SMILES string of the molecule is C=CCCCCOc1ccc(-c2cc(-c3ccc(OCCCCC=C)cc3)on2)cc1. The van der Waals surface area contributed by atoms with E-state index in [4.69, 9.17) is 14.0 Å². The van der Waals surface area contributed by atoms with Crippen molar-refractivity contribution in [1.82, 2.24) is 5.16 Å². The highest BCUT2D eigenvalue weighted by Crippen LogP contribution is 2.28. The molecule has 0 saturated heterocycles. The van der Waals surface area contributed by atoms with Crippen molar-refractivity contribution in [2.45, 2.75) is 38.5 Å². The van der Waals surface area contributed by atoms with Crippen LogP contribution >= 0.6 is 0 Å². The first kappa shape index (κ1) is 22.4. The fourth-order valence-corrected chi connectivity index (χ4v) is 3.15. The number of nitrogens with zero attached hydrogens (tertiary/aromatic N) is 1. The van der Waals surface area contributed by atoms with Crippen LogP contribution in [-0.2, 0) is 0 Å². The summed E-state index contributed by atoms with van der Waals surface area (Å²) in [5.41, 5.74) is 2.76. The predicted octanol–water partition coefficient (Wildman–Crippen LogP) is 7.48. The monoisotopic (exact) mass is 417 g/mol. The van der Waals surface area contributed by atoms with E-state index < -0.39 is 0 Å². The van der Waals surface area contributed by atoms with Gasteiger partial charge in [-0.2, -0.15) is 0 Å². The second-order valence-corrected chi connectivity index (χ2v) is 7.39. The molecule has 0 bridgehead atoms. The molecule has 0 unspecified atom stereocenters. The van der Waals surface area contributed by atoms with Crippen LogP contribution in [0.2, 0.25) is 0 Å². The van der Waals surface area contributed by atoms with Gasteiger partial charge in [0.2, 0.25) is 0 Å². The van der Waals surface area contributed by atoms with E-state index in [9.17, 15) is 0 Å². The summed E-state index contributed by atoms with van der Waals surface area (Å²) in [6, 6.07) is 17.8. The highest BCUT2D eigenvalue weighted by atomic mass is 16.5. The first-order chi connectivity index (χ1) is 15.3. The third-order valence-corrected chi connectivity index (χ3v) is 4.94. The number of allylic oxidation sites excluding steroid dienone is 2. The summed E-state index contributed by atoms with van der Waals surface area (Å²) in [5.74, 6) is 2.46. The van der Waals surface area contributed by atoms with Crippen LogP contribution in [0.25, 0.3) is 22.6 Å². The Balaban J connectivity index is 1.52. The second kappa shape index (κ2) is 12.4. The average Bonchev–Trinajstić information content (AvgIpc) is 3.30. The van der Waals surface area contributed by atoms with Gasteiger partial charge < -0.3 is 14.0 Å². The number of unbranched alkanes of at least 4 members (excludes halogenated alkanes) is 4. The Labute approximate surface area is 185 Å². The van der Waals surface area contributed by atoms with Crippen LogP contribution < -0.4 is 9.47 Å². The minimum absolute atomic E-state index is 0.716. The molecule has 0 fully saturated rings. The Morgan fingerprint density at radius 3 is 1.74 bits per heavy atom. The van der Waals surface area contributed by atoms with Crippen LogP contribution in [-0.4, -0.2) is 18.4 Å². The summed E-state index contributed by atoms with van der Waals surface area (Å²) < 4.78 is 17.1. The van der Waals surface area contributed by atoms with Gasteiger partial charge in [0.1, 0.15) is 17.2 Å². The molecule has 162 valence electrons. The summed E-state index contributed by atoms with van der Waals surface area (Å²) >= 11 is 0. The van der Waals surface area contributed by atoms with Crippen molar-refractivity contribution in [3.05, 3.63) is 79.9 Å². The number of aromatic nitrogens is 1. The van der Waals surface area contributed by atoms with Crippen molar-refractivity contribution in [1.29, 1.82) is 0 Å². The van der Waals surface area contributed by atoms with Crippen molar-refractivity contribution < 1.29 is 14.0 Å². The van der Waals surface area contributed by atoms with Crippen molar-refractivity contribution >= 4 is 0 Å². The predicted molar refractivity (Wildman–Crippen MR) is 126 cm³/mol. The zero-order chi connectivity index (χ0) is 21.7. The lowest BCUT2D eigenvalue weighted by atomic mass is 10.1. The zero-order valence-electron chi connectivity index (χ0n) is 18.1. The molecule has 0 N–H and O–H groups in total. The summed E-state index contributed by atoms with van der Waals surface area (Å²) in [4.78, 5) is 0. The van der Waals surface area contributed by atoms with Gasteiger partial charge in [-0.1, -0.05) is 17.3 Å². The van der Waals surface area contributed by atoms with Crippen LogP contribution in [0.3, 0.4) is 0 Å². The van der Waals surface area contributed by atoms with Crippen LogP contribution in [0.15, 0.2) is 84.4 Å². The highest BCUT2D eigenvalue weighted by Gasteiger charge is 2.09. The summed E-state index contributed by atoms with van der Waals surface area (Å²) in [5, 5.41) is 4.22. The van der Waals surface area contributed by atoms with Gasteiger partial charge in [-0.3, -0.25) is 0 Å². The Hall–Kier alpha value is -3.27. The van der Waals surface area contributed by atoms with Gasteiger partial charge >= 0.3 is 0 Å². The maximum Gasteiger partial charge on any atom is 0.167 e. The molecule has 0 spiro atoms. The van der Waals surface area contributed by atoms with Crippen LogP contribution in [0.5, 0.6) is 11.5 Å². The second-order valence-electron chi connectivity index (χ2n) is 7.39. The van der Waals surface area contributed by atoms with E-state index in [1.807, 2.05) is 66.7 Å². The molecule has 4 nitrogen and oxygen atoms in total. The highest BCUT2D eigenvalue weighted by molar-refractivity contribution is 5.67. The standard InChI is InChI=1S/C27H31NO3/c1-3-5-7-9-19-29-24-15-11-22(12-16-24)26-21-27(31-28-26)23-13-17-25(18-14-23)30-20-10-8-6-4-2/h3-4,11-18,21H,1-2,5-10,19-20H2. The summed E-state index contributed by atoms with van der Waals surface area (Å²) in [7, 11) is 0. The van der Waals surface area contributed by atoms with Gasteiger partial charge in [-0.25, -0.2) is 0 Å². The Bertz CT molecular complexity index is 850. The third-order valence-electron chi connectivity index (χ3n) is 4.94. The molecular weight excluding hydrogens is 386 g/mol. The minimum Gasteiger partial charge on any atom is -0.494 e. The molecule has 2 aromatic carbocycles. The number of benzene rings is 2. The quantitative estimate of drug-likeness (QED) is 0.201. The molecule has 1 heterocycles. The van der Waals surface area contributed by atoms with Crippen molar-refractivity contribution in [3.8, 4) is 34.1 Å². The molecule has 0 saturated carbocycles. The zero-order valence-corrected chi connectivity index (χ0v) is 18.1. The van der Waals surface area contributed by atoms with Gasteiger partial charge in [0.15, 0.2) is 5.76 Å². The fraction of sp³-hybridized carbons (Fsp3) is 0.296. The molecule has 0 aliphatic carbocycles. The first-order valence-corrected chi connectivity index (χ1v) is 10.9. The fourth-order valence-electron chi connectivity index (χ4n) is 3.15. The van der Waals surface area contributed by atoms with Crippen molar-refractivity contribution in [2.75, 3.05) is 13.2 Å². The van der Waals surface area contributed by atoms with E-state index in [0.717, 1.165) is 79.2 Å². The van der Waals surface area contributed by atoms with Crippen LogP contribution in [0.4, 0.5) is 0 Å². The third kappa shape index (κ3) is 7.18. The van der Waals surface area contributed by atoms with E-state index in [1.165, 1.54) is 0 Å². The van der Waals surface area contributed by atoms with E-state index in [0.29, 0.717) is 6.61 Å². The lowest BCUT2D eigenvalue weighted by Crippen LogP contribution is -1.96. The normalized spacial score (nSPS) is 10.6. The van der Waals surface area contributed by atoms with Crippen LogP contribution in [0, 0.1) is 0 Å². The van der Waals surface area contributed by atoms with Crippen LogP contribution in [0.1, 0.15) is 38.5 Å². The Morgan fingerprint density at radius 2 is 1.23 bits per heavy atom. The lowest BCUT2D eigenvalue weighted by Gasteiger charge is -2.06. The molecule has 3 aromatic rings. The largest absolute Gasteiger partial charge is 0.494 e. The maximum atomic E-state index is 5.78. The molecule has 31 heavy (non-hydrogen) atoms. The van der Waals surface area contributed by atoms with Gasteiger partial charge in [-0.05, 0) is 87.1 Å². The molecule has 0 radical (unpaired) electrons. The average molecular weight is 418 g/mol. The lowest BCUT2D eigenvalue weighted by molar-refractivity contribution is 0.307. The van der Waals surface area contributed by atoms with Gasteiger partial charge in [-0.15, -0.1) is 13.2 Å². The van der Waals surface area contributed by atoms with Gasteiger partial charge in [0.05, 0.1) is 13.2 Å². The molecule has 3 rings (SSSR count). The maximum absolute atomic E-state index is 5.78. The number of hydrogen-bond donors (Lipinski definition) is 0.